The fourth-order valence-electron chi connectivity index (χ4n) is 3.72. The van der Waals surface area contributed by atoms with Crippen LogP contribution < -0.4 is 19.9 Å². The van der Waals surface area contributed by atoms with E-state index >= 15 is 0 Å². The number of likely N-dealkylation sites (N-methyl/N-ethyl adjacent to an activating group) is 2. The van der Waals surface area contributed by atoms with E-state index in [0.717, 1.165) is 24.3 Å². The van der Waals surface area contributed by atoms with Crippen molar-refractivity contribution in [2.24, 2.45) is 5.92 Å². The molecule has 1 aromatic carbocycles. The summed E-state index contributed by atoms with van der Waals surface area (Å²) in [6.45, 7) is 3.38. The van der Waals surface area contributed by atoms with Crippen LogP contribution in [0.25, 0.3) is 0 Å². The van der Waals surface area contributed by atoms with E-state index in [4.69, 9.17) is 16.3 Å². The van der Waals surface area contributed by atoms with Crippen LogP contribution in [-0.4, -0.2) is 48.7 Å². The second-order valence-electron chi connectivity index (χ2n) is 7.46. The number of rotatable bonds is 6. The highest BCUT2D eigenvalue weighted by Crippen LogP contribution is 2.34. The van der Waals surface area contributed by atoms with Gasteiger partial charge in [-0.2, -0.15) is 4.98 Å². The van der Waals surface area contributed by atoms with Crippen molar-refractivity contribution >= 4 is 35.0 Å². The number of hydrogen-bond donors (Lipinski definition) is 1. The topological polar surface area (TPSA) is 70.6 Å². The average Bonchev–Trinajstić information content (AvgIpc) is 2.65. The van der Waals surface area contributed by atoms with Crippen molar-refractivity contribution in [2.75, 3.05) is 41.9 Å². The van der Waals surface area contributed by atoms with Crippen molar-refractivity contribution in [3.8, 4) is 5.75 Å². The van der Waals surface area contributed by atoms with Gasteiger partial charge < -0.3 is 19.9 Å². The first kappa shape index (κ1) is 24.7. The summed E-state index contributed by atoms with van der Waals surface area (Å²) in [6.07, 6.45) is 3.56. The molecule has 1 aromatic heterocycles. The number of fused-ring (bicyclic) bond motifs is 1. The van der Waals surface area contributed by atoms with Gasteiger partial charge in [0.25, 0.3) is 0 Å². The summed E-state index contributed by atoms with van der Waals surface area (Å²) in [7, 11) is 1.86. The van der Waals surface area contributed by atoms with Gasteiger partial charge in [0.2, 0.25) is 11.9 Å². The number of halogens is 2. The molecule has 31 heavy (non-hydrogen) atoms. The first-order valence-corrected chi connectivity index (χ1v) is 10.0. The van der Waals surface area contributed by atoms with Crippen molar-refractivity contribution in [3.05, 3.63) is 35.2 Å². The van der Waals surface area contributed by atoms with Gasteiger partial charge >= 0.3 is 0 Å². The first-order valence-electron chi connectivity index (χ1n) is 9.67. The van der Waals surface area contributed by atoms with Crippen molar-refractivity contribution in [1.82, 2.24) is 9.97 Å². The fraction of sp³-hybridized carbons (Fsp3) is 0.500. The number of nitrogens with zero attached hydrogens (tertiary/aromatic N) is 4. The minimum Gasteiger partial charge on any atom is -0.492 e. The summed E-state index contributed by atoms with van der Waals surface area (Å²) >= 11 is 5.99. The van der Waals surface area contributed by atoms with E-state index in [1.807, 2.05) is 18.9 Å². The molecule has 0 bridgehead atoms. The monoisotopic (exact) mass is 451 g/mol. The predicted octanol–water partition coefficient (Wildman–Crippen LogP) is 4.61. The Morgan fingerprint density at radius 2 is 2.06 bits per heavy atom. The van der Waals surface area contributed by atoms with Crippen LogP contribution in [0, 0.1) is 11.7 Å². The van der Waals surface area contributed by atoms with Gasteiger partial charge in [-0.25, -0.2) is 9.37 Å². The molecule has 0 radical (unpaired) electrons. The van der Waals surface area contributed by atoms with Crippen LogP contribution >= 0.6 is 11.6 Å². The largest absolute Gasteiger partial charge is 0.492 e. The summed E-state index contributed by atoms with van der Waals surface area (Å²) in [5, 5.41) is 3.64. The molecule has 4 rings (SSSR count). The Kier molecular flexibility index (Phi) is 8.06. The molecule has 1 saturated carbocycles. The molecular weight excluding hydrogens is 421 g/mol. The van der Waals surface area contributed by atoms with Crippen molar-refractivity contribution < 1.29 is 13.9 Å². The molecule has 9 heteroatoms. The van der Waals surface area contributed by atoms with E-state index in [2.05, 4.69) is 15.3 Å². The van der Waals surface area contributed by atoms with Gasteiger partial charge in [0.1, 0.15) is 17.3 Å². The maximum Gasteiger partial charge on any atom is 0.246 e. The maximum absolute atomic E-state index is 13.1. The predicted molar refractivity (Wildman–Crippen MR) is 124 cm³/mol. The van der Waals surface area contributed by atoms with E-state index in [-0.39, 0.29) is 37.6 Å². The third-order valence-corrected chi connectivity index (χ3v) is 5.62. The molecule has 0 saturated heterocycles. The van der Waals surface area contributed by atoms with Gasteiger partial charge in [-0.15, -0.1) is 0 Å². The van der Waals surface area contributed by atoms with Crippen molar-refractivity contribution in [3.63, 3.8) is 0 Å². The number of benzene rings is 1. The normalized spacial score (nSPS) is 19.5. The molecule has 1 N–H and O–H groups in total. The van der Waals surface area contributed by atoms with Gasteiger partial charge in [-0.3, -0.25) is 4.79 Å². The standard InChI is InChI=1S/C20H23ClFN5O2.2CH4/c1-3-27-16-9-23-20(25-19(16)26(2)10-18(27)28)24-14-6-12(7-14)11-29-17-5-4-13(22)8-15(17)21;;/h4-5,8-9,12,14H,3,6-7,10-11H2,1-2H3,(H,23,24,25);2*1H4. The van der Waals surface area contributed by atoms with E-state index in [1.54, 1.807) is 17.2 Å². The highest BCUT2D eigenvalue weighted by molar-refractivity contribution is 6.32. The van der Waals surface area contributed by atoms with E-state index in [1.165, 1.54) is 12.1 Å². The molecule has 1 aliphatic carbocycles. The molecule has 0 unspecified atom stereocenters. The quantitative estimate of drug-likeness (QED) is 0.691. The molecule has 7 nitrogen and oxygen atoms in total. The van der Waals surface area contributed by atoms with Crippen LogP contribution in [-0.2, 0) is 4.79 Å². The SMILES string of the molecule is C.C.CCN1C(=O)CN(C)c2nc(NC3CC(COc4ccc(F)cc4Cl)C3)ncc21. The zero-order valence-corrected chi connectivity index (χ0v) is 17.1. The lowest BCUT2D eigenvalue weighted by molar-refractivity contribution is -0.117. The number of carbonyl (C=O) groups excluding carboxylic acids is 1. The van der Waals surface area contributed by atoms with Gasteiger partial charge in [0.05, 0.1) is 24.4 Å². The first-order chi connectivity index (χ1) is 13.9. The van der Waals surface area contributed by atoms with Crippen LogP contribution in [0.2, 0.25) is 5.02 Å². The summed E-state index contributed by atoms with van der Waals surface area (Å²) < 4.78 is 18.8. The molecule has 2 aliphatic rings. The minimum atomic E-state index is -0.377. The van der Waals surface area contributed by atoms with Crippen LogP contribution in [0.4, 0.5) is 21.8 Å². The lowest BCUT2D eigenvalue weighted by Crippen LogP contribution is -2.45. The summed E-state index contributed by atoms with van der Waals surface area (Å²) in [5.41, 5.74) is 0.743. The Hall–Kier alpha value is -2.61. The Balaban J connectivity index is 0.00000171. The second kappa shape index (κ2) is 10.1. The highest BCUT2D eigenvalue weighted by Gasteiger charge is 2.32. The van der Waals surface area contributed by atoms with Crippen LogP contribution in [0.5, 0.6) is 5.75 Å². The van der Waals surface area contributed by atoms with Crippen LogP contribution in [0.1, 0.15) is 34.6 Å². The molecule has 0 atom stereocenters. The summed E-state index contributed by atoms with van der Waals surface area (Å²) in [5.74, 6) is 1.89. The molecule has 1 fully saturated rings. The molecule has 2 heterocycles. The molecular formula is C22H31ClFN5O2. The van der Waals surface area contributed by atoms with Gasteiger partial charge in [0.15, 0.2) is 5.82 Å². The van der Waals surface area contributed by atoms with E-state index in [0.29, 0.717) is 37.3 Å². The van der Waals surface area contributed by atoms with Gasteiger partial charge in [-0.05, 0) is 43.9 Å². The lowest BCUT2D eigenvalue weighted by Gasteiger charge is -2.36. The fourth-order valence-corrected chi connectivity index (χ4v) is 3.95. The van der Waals surface area contributed by atoms with Gasteiger partial charge in [0, 0.05) is 19.6 Å². The highest BCUT2D eigenvalue weighted by atomic mass is 35.5. The minimum absolute atomic E-state index is 0. The Bertz CT molecular complexity index is 923. The van der Waals surface area contributed by atoms with Crippen LogP contribution in [0.15, 0.2) is 24.4 Å². The Labute approximate surface area is 188 Å². The van der Waals surface area contributed by atoms with Crippen molar-refractivity contribution in [1.29, 1.82) is 0 Å². The summed E-state index contributed by atoms with van der Waals surface area (Å²) in [4.78, 5) is 24.7. The van der Waals surface area contributed by atoms with Crippen LogP contribution in [0.3, 0.4) is 0 Å². The van der Waals surface area contributed by atoms with Crippen molar-refractivity contribution in [2.45, 2.75) is 40.7 Å². The number of aromatic nitrogens is 2. The number of carbonyl (C=O) groups is 1. The third kappa shape index (κ3) is 5.18. The maximum atomic E-state index is 13.1. The molecule has 2 aromatic rings. The number of hydrogen-bond acceptors (Lipinski definition) is 6. The Morgan fingerprint density at radius 1 is 1.32 bits per heavy atom. The molecule has 170 valence electrons. The smallest absolute Gasteiger partial charge is 0.246 e. The zero-order valence-electron chi connectivity index (χ0n) is 16.4. The number of anilines is 3. The third-order valence-electron chi connectivity index (χ3n) is 5.33. The molecule has 0 spiro atoms. The molecule has 1 amide bonds. The number of nitrogens with one attached hydrogen (secondary N) is 1. The second-order valence-corrected chi connectivity index (χ2v) is 7.87. The lowest BCUT2D eigenvalue weighted by atomic mass is 9.81. The average molecular weight is 452 g/mol. The number of amides is 1. The van der Waals surface area contributed by atoms with E-state index in [9.17, 15) is 9.18 Å². The summed E-state index contributed by atoms with van der Waals surface area (Å²) in [6, 6.07) is 4.40. The molecule has 1 aliphatic heterocycles. The zero-order chi connectivity index (χ0) is 20.5. The Morgan fingerprint density at radius 3 is 2.74 bits per heavy atom. The number of ether oxygens (including phenoxy) is 1. The van der Waals surface area contributed by atoms with Gasteiger partial charge in [-0.1, -0.05) is 26.5 Å². The van der Waals surface area contributed by atoms with E-state index < -0.39 is 0 Å².